The molecule has 2 rings (SSSR count). The van der Waals surface area contributed by atoms with Crippen molar-refractivity contribution < 1.29 is 17.9 Å². The fourth-order valence-electron chi connectivity index (χ4n) is 1.42. The second kappa shape index (κ2) is 5.11. The van der Waals surface area contributed by atoms with Crippen LogP contribution in [0.15, 0.2) is 41.6 Å². The van der Waals surface area contributed by atoms with Crippen LogP contribution in [0.3, 0.4) is 0 Å². The number of rotatable bonds is 4. The summed E-state index contributed by atoms with van der Waals surface area (Å²) in [5.41, 5.74) is 0.157. The van der Waals surface area contributed by atoms with Crippen molar-refractivity contribution in [3.8, 4) is 0 Å². The van der Waals surface area contributed by atoms with Crippen molar-refractivity contribution in [2.75, 3.05) is 11.8 Å². The van der Waals surface area contributed by atoms with Crippen LogP contribution < -0.4 is 4.72 Å². The number of nitrogens with zero attached hydrogens (tertiary/aromatic N) is 1. The molecule has 0 atom stereocenters. The lowest BCUT2D eigenvalue weighted by Crippen LogP contribution is -2.14. The summed E-state index contributed by atoms with van der Waals surface area (Å²) in [6.07, 6.45) is 2.91. The zero-order valence-electron chi connectivity index (χ0n) is 9.95. The summed E-state index contributed by atoms with van der Waals surface area (Å²) < 4.78 is 30.9. The Kier molecular flexibility index (Phi) is 3.52. The van der Waals surface area contributed by atoms with E-state index in [1.165, 1.54) is 43.8 Å². The Morgan fingerprint density at radius 1 is 1.42 bits per heavy atom. The van der Waals surface area contributed by atoms with Crippen molar-refractivity contribution in [1.82, 2.24) is 9.97 Å². The van der Waals surface area contributed by atoms with Gasteiger partial charge in [0.05, 0.1) is 17.6 Å². The molecule has 0 radical (unpaired) electrons. The number of carbonyl (C=O) groups is 1. The quantitative estimate of drug-likeness (QED) is 0.814. The largest absolute Gasteiger partial charge is 0.465 e. The van der Waals surface area contributed by atoms with Gasteiger partial charge in [-0.3, -0.25) is 0 Å². The molecule has 0 aliphatic rings. The Morgan fingerprint density at radius 3 is 2.84 bits per heavy atom. The summed E-state index contributed by atoms with van der Waals surface area (Å²) in [6.45, 7) is 0. The molecule has 1 aromatic carbocycles. The molecule has 19 heavy (non-hydrogen) atoms. The first-order valence-corrected chi connectivity index (χ1v) is 6.72. The molecule has 2 N–H and O–H groups in total. The lowest BCUT2D eigenvalue weighted by molar-refractivity contribution is 0.0600. The van der Waals surface area contributed by atoms with Gasteiger partial charge in [-0.05, 0) is 18.2 Å². The molecule has 8 heteroatoms. The number of carbonyl (C=O) groups excluding carboxylic acids is 1. The Balaban J connectivity index is 2.33. The van der Waals surface area contributed by atoms with Gasteiger partial charge in [0.2, 0.25) is 5.95 Å². The van der Waals surface area contributed by atoms with Gasteiger partial charge in [0.1, 0.15) is 0 Å². The smallest absolute Gasteiger partial charge is 0.337 e. The summed E-state index contributed by atoms with van der Waals surface area (Å²) in [7, 11) is -2.57. The Bertz CT molecular complexity index is 680. The van der Waals surface area contributed by atoms with E-state index in [2.05, 4.69) is 19.4 Å². The number of H-pyrrole nitrogens is 1. The average molecular weight is 281 g/mol. The predicted molar refractivity (Wildman–Crippen MR) is 67.2 cm³/mol. The maximum Gasteiger partial charge on any atom is 0.337 e. The lowest BCUT2D eigenvalue weighted by atomic mass is 10.2. The molecule has 0 spiro atoms. The van der Waals surface area contributed by atoms with Crippen LogP contribution in [0.2, 0.25) is 0 Å². The SMILES string of the molecule is COC(=O)c1cccc(S(=O)(=O)Nc2ncc[nH]2)c1. The molecule has 0 aliphatic heterocycles. The van der Waals surface area contributed by atoms with Gasteiger partial charge in [0.15, 0.2) is 0 Å². The number of anilines is 1. The number of sulfonamides is 1. The zero-order valence-corrected chi connectivity index (χ0v) is 10.8. The Morgan fingerprint density at radius 2 is 2.21 bits per heavy atom. The normalized spacial score (nSPS) is 11.0. The average Bonchev–Trinajstić information content (AvgIpc) is 2.90. The van der Waals surface area contributed by atoms with E-state index in [1.54, 1.807) is 0 Å². The first-order valence-electron chi connectivity index (χ1n) is 5.23. The van der Waals surface area contributed by atoms with E-state index >= 15 is 0 Å². The molecule has 0 aliphatic carbocycles. The van der Waals surface area contributed by atoms with E-state index in [-0.39, 0.29) is 16.4 Å². The Labute approximate surface area is 109 Å². The molecular weight excluding hydrogens is 270 g/mol. The molecule has 0 unspecified atom stereocenters. The predicted octanol–water partition coefficient (Wildman–Crippen LogP) is 0.997. The highest BCUT2D eigenvalue weighted by molar-refractivity contribution is 7.92. The molecule has 1 heterocycles. The lowest BCUT2D eigenvalue weighted by Gasteiger charge is -2.06. The van der Waals surface area contributed by atoms with E-state index in [1.807, 2.05) is 0 Å². The monoisotopic (exact) mass is 281 g/mol. The second-order valence-electron chi connectivity index (χ2n) is 3.56. The highest BCUT2D eigenvalue weighted by Gasteiger charge is 2.17. The van der Waals surface area contributed by atoms with Gasteiger partial charge in [-0.15, -0.1) is 0 Å². The molecule has 1 aromatic heterocycles. The third-order valence-electron chi connectivity index (χ3n) is 2.29. The van der Waals surface area contributed by atoms with Gasteiger partial charge in [0, 0.05) is 12.4 Å². The minimum Gasteiger partial charge on any atom is -0.465 e. The number of aromatic nitrogens is 2. The molecule has 0 amide bonds. The molecule has 100 valence electrons. The van der Waals surface area contributed by atoms with Crippen molar-refractivity contribution in [3.63, 3.8) is 0 Å². The molecule has 0 bridgehead atoms. The maximum atomic E-state index is 12.0. The third-order valence-corrected chi connectivity index (χ3v) is 3.63. The molecule has 0 saturated carbocycles. The highest BCUT2D eigenvalue weighted by atomic mass is 32.2. The maximum absolute atomic E-state index is 12.0. The minimum absolute atomic E-state index is 0.0493. The van der Waals surface area contributed by atoms with E-state index in [4.69, 9.17) is 0 Å². The van der Waals surface area contributed by atoms with Crippen LogP contribution in [0.25, 0.3) is 0 Å². The summed E-state index contributed by atoms with van der Waals surface area (Å²) in [6, 6.07) is 5.54. The van der Waals surface area contributed by atoms with Crippen LogP contribution >= 0.6 is 0 Å². The van der Waals surface area contributed by atoms with E-state index in [9.17, 15) is 13.2 Å². The van der Waals surface area contributed by atoms with Crippen LogP contribution in [0.1, 0.15) is 10.4 Å². The number of ether oxygens (including phenoxy) is 1. The zero-order chi connectivity index (χ0) is 13.9. The number of methoxy groups -OCH3 is 1. The Hall–Kier alpha value is -2.35. The van der Waals surface area contributed by atoms with Crippen molar-refractivity contribution in [2.24, 2.45) is 0 Å². The standard InChI is InChI=1S/C11H11N3O4S/c1-18-10(15)8-3-2-4-9(7-8)19(16,17)14-11-12-5-6-13-11/h2-7H,1H3,(H2,12,13,14). The van der Waals surface area contributed by atoms with Crippen molar-refractivity contribution in [3.05, 3.63) is 42.2 Å². The van der Waals surface area contributed by atoms with Crippen LogP contribution in [0.4, 0.5) is 5.95 Å². The van der Waals surface area contributed by atoms with Gasteiger partial charge in [0.25, 0.3) is 10.0 Å². The fourth-order valence-corrected chi connectivity index (χ4v) is 2.44. The van der Waals surface area contributed by atoms with Gasteiger partial charge in [-0.1, -0.05) is 6.07 Å². The van der Waals surface area contributed by atoms with Crippen LogP contribution in [-0.2, 0) is 14.8 Å². The molecule has 2 aromatic rings. The van der Waals surface area contributed by atoms with Gasteiger partial charge < -0.3 is 9.72 Å². The van der Waals surface area contributed by atoms with Crippen molar-refractivity contribution in [2.45, 2.75) is 4.90 Å². The second-order valence-corrected chi connectivity index (χ2v) is 5.25. The number of benzene rings is 1. The fraction of sp³-hybridized carbons (Fsp3) is 0.0909. The molecule has 7 nitrogen and oxygen atoms in total. The molecule has 0 saturated heterocycles. The van der Waals surface area contributed by atoms with Gasteiger partial charge in [-0.2, -0.15) is 0 Å². The van der Waals surface area contributed by atoms with Gasteiger partial charge >= 0.3 is 5.97 Å². The number of hydrogen-bond donors (Lipinski definition) is 2. The van der Waals surface area contributed by atoms with Crippen LogP contribution in [0.5, 0.6) is 0 Å². The number of hydrogen-bond acceptors (Lipinski definition) is 5. The summed E-state index contributed by atoms with van der Waals surface area (Å²) in [5.74, 6) is -0.501. The number of imidazole rings is 1. The minimum atomic E-state index is -3.80. The number of aromatic amines is 1. The topological polar surface area (TPSA) is 101 Å². The summed E-state index contributed by atoms with van der Waals surface area (Å²) in [4.78, 5) is 17.7. The summed E-state index contributed by atoms with van der Waals surface area (Å²) >= 11 is 0. The highest BCUT2D eigenvalue weighted by Crippen LogP contribution is 2.15. The third kappa shape index (κ3) is 2.91. The van der Waals surface area contributed by atoms with Gasteiger partial charge in [-0.25, -0.2) is 22.9 Å². The number of nitrogens with one attached hydrogen (secondary N) is 2. The first-order chi connectivity index (χ1) is 9.03. The summed E-state index contributed by atoms with van der Waals surface area (Å²) in [5, 5.41) is 0. The number of esters is 1. The molecule has 0 fully saturated rings. The van der Waals surface area contributed by atoms with E-state index in [0.717, 1.165) is 0 Å². The van der Waals surface area contributed by atoms with Crippen LogP contribution in [0, 0.1) is 0 Å². The van der Waals surface area contributed by atoms with Crippen LogP contribution in [-0.4, -0.2) is 31.5 Å². The first kappa shape index (κ1) is 13.1. The van der Waals surface area contributed by atoms with E-state index in [0.29, 0.717) is 0 Å². The van der Waals surface area contributed by atoms with Crippen molar-refractivity contribution in [1.29, 1.82) is 0 Å². The molecular formula is C11H11N3O4S. The van der Waals surface area contributed by atoms with Crippen molar-refractivity contribution >= 4 is 21.9 Å². The van der Waals surface area contributed by atoms with E-state index < -0.39 is 16.0 Å².